The van der Waals surface area contributed by atoms with Crippen molar-refractivity contribution in [1.29, 1.82) is 0 Å². The standard InChI is InChI=1S/C7H14N2O4S.H2S/c1-9-5(7(12)13)3-14-2-4(8)6(10)11;/h4-5,9H,2-3,8H2,1H3,(H,10,11)(H,12,13);1H2. The minimum Gasteiger partial charge on any atom is -0.480 e. The minimum absolute atomic E-state index is 0. The molecule has 6 nitrogen and oxygen atoms in total. The zero-order chi connectivity index (χ0) is 11.1. The third-order valence-corrected chi connectivity index (χ3v) is 2.71. The van der Waals surface area contributed by atoms with Gasteiger partial charge in [-0.3, -0.25) is 9.59 Å². The fraction of sp³-hybridized carbons (Fsp3) is 0.714. The first-order valence-corrected chi connectivity index (χ1v) is 5.10. The molecule has 0 saturated heterocycles. The van der Waals surface area contributed by atoms with Gasteiger partial charge in [-0.15, -0.1) is 0 Å². The molecule has 0 fully saturated rings. The van der Waals surface area contributed by atoms with Crippen LogP contribution in [0, 0.1) is 0 Å². The van der Waals surface area contributed by atoms with Gasteiger partial charge in [-0.05, 0) is 7.05 Å². The van der Waals surface area contributed by atoms with E-state index in [1.807, 2.05) is 0 Å². The Morgan fingerprint density at radius 2 is 1.87 bits per heavy atom. The van der Waals surface area contributed by atoms with Crippen molar-refractivity contribution in [3.63, 3.8) is 0 Å². The van der Waals surface area contributed by atoms with Crippen LogP contribution in [0.25, 0.3) is 0 Å². The highest BCUT2D eigenvalue weighted by molar-refractivity contribution is 7.99. The number of rotatable bonds is 7. The SMILES string of the molecule is CNC(CSCC(N)C(=O)O)C(=O)O.S. The maximum atomic E-state index is 10.5. The van der Waals surface area contributed by atoms with E-state index in [4.69, 9.17) is 15.9 Å². The van der Waals surface area contributed by atoms with E-state index in [-0.39, 0.29) is 19.2 Å². The molecule has 0 aliphatic rings. The van der Waals surface area contributed by atoms with Gasteiger partial charge in [0.25, 0.3) is 0 Å². The van der Waals surface area contributed by atoms with Crippen molar-refractivity contribution in [1.82, 2.24) is 5.32 Å². The maximum absolute atomic E-state index is 10.5. The molecule has 0 aromatic heterocycles. The lowest BCUT2D eigenvalue weighted by atomic mass is 10.3. The molecule has 0 saturated carbocycles. The van der Waals surface area contributed by atoms with E-state index in [0.29, 0.717) is 5.75 Å². The molecular formula is C7H16N2O4S2. The fourth-order valence-corrected chi connectivity index (χ4v) is 1.74. The van der Waals surface area contributed by atoms with Gasteiger partial charge in [0.1, 0.15) is 12.1 Å². The van der Waals surface area contributed by atoms with E-state index < -0.39 is 24.0 Å². The fourth-order valence-electron chi connectivity index (χ4n) is 0.662. The molecule has 90 valence electrons. The number of hydrogen-bond donors (Lipinski definition) is 4. The van der Waals surface area contributed by atoms with Gasteiger partial charge in [-0.1, -0.05) is 0 Å². The average Bonchev–Trinajstić information content (AvgIpc) is 2.11. The summed E-state index contributed by atoms with van der Waals surface area (Å²) in [6, 6.07) is -1.60. The monoisotopic (exact) mass is 256 g/mol. The van der Waals surface area contributed by atoms with Crippen LogP contribution in [-0.2, 0) is 9.59 Å². The van der Waals surface area contributed by atoms with Crippen LogP contribution in [0.15, 0.2) is 0 Å². The second-order valence-electron chi connectivity index (χ2n) is 2.66. The first kappa shape index (κ1) is 17.0. The predicted octanol–water partition coefficient (Wildman–Crippen LogP) is -1.08. The summed E-state index contributed by atoms with van der Waals surface area (Å²) in [6.07, 6.45) is 0. The average molecular weight is 256 g/mol. The number of hydrogen-bond acceptors (Lipinski definition) is 5. The van der Waals surface area contributed by atoms with Crippen molar-refractivity contribution < 1.29 is 19.8 Å². The Balaban J connectivity index is 0. The zero-order valence-electron chi connectivity index (χ0n) is 8.27. The summed E-state index contributed by atoms with van der Waals surface area (Å²) >= 11 is 1.20. The van der Waals surface area contributed by atoms with Crippen LogP contribution in [0.3, 0.4) is 0 Å². The topological polar surface area (TPSA) is 113 Å². The summed E-state index contributed by atoms with van der Waals surface area (Å²) in [6.45, 7) is 0. The summed E-state index contributed by atoms with van der Waals surface area (Å²) in [5.74, 6) is -1.52. The van der Waals surface area contributed by atoms with Gasteiger partial charge in [-0.2, -0.15) is 25.3 Å². The summed E-state index contributed by atoms with van der Waals surface area (Å²) in [7, 11) is 1.54. The van der Waals surface area contributed by atoms with Gasteiger partial charge in [0.05, 0.1) is 0 Å². The van der Waals surface area contributed by atoms with Gasteiger partial charge in [0.2, 0.25) is 0 Å². The van der Waals surface area contributed by atoms with Crippen molar-refractivity contribution in [2.75, 3.05) is 18.6 Å². The summed E-state index contributed by atoms with van der Waals surface area (Å²) in [5.41, 5.74) is 5.23. The molecular weight excluding hydrogens is 240 g/mol. The van der Waals surface area contributed by atoms with Crippen LogP contribution in [0.5, 0.6) is 0 Å². The number of carboxylic acid groups (broad SMARTS) is 2. The van der Waals surface area contributed by atoms with E-state index in [9.17, 15) is 9.59 Å². The predicted molar refractivity (Wildman–Crippen MR) is 63.8 cm³/mol. The second-order valence-corrected chi connectivity index (χ2v) is 3.74. The Hall–Kier alpha value is -0.440. The van der Waals surface area contributed by atoms with Gasteiger partial charge in [0.15, 0.2) is 0 Å². The Bertz CT molecular complexity index is 215. The number of carboxylic acids is 2. The molecule has 0 aromatic carbocycles. The zero-order valence-corrected chi connectivity index (χ0v) is 10.1. The molecule has 5 N–H and O–H groups in total. The van der Waals surface area contributed by atoms with Crippen LogP contribution >= 0.6 is 25.3 Å². The lowest BCUT2D eigenvalue weighted by molar-refractivity contribution is -0.139. The minimum atomic E-state index is -1.08. The molecule has 2 unspecified atom stereocenters. The van der Waals surface area contributed by atoms with Crippen molar-refractivity contribution in [3.8, 4) is 0 Å². The maximum Gasteiger partial charge on any atom is 0.321 e. The molecule has 0 amide bonds. The first-order chi connectivity index (χ1) is 6.49. The quantitative estimate of drug-likeness (QED) is 0.458. The van der Waals surface area contributed by atoms with E-state index >= 15 is 0 Å². The van der Waals surface area contributed by atoms with Crippen molar-refractivity contribution >= 4 is 37.2 Å². The lowest BCUT2D eigenvalue weighted by Crippen LogP contribution is -2.38. The Labute approximate surface area is 99.0 Å². The van der Waals surface area contributed by atoms with Crippen LogP contribution in [-0.4, -0.2) is 52.8 Å². The molecule has 0 aliphatic carbocycles. The number of carbonyl (C=O) groups is 2. The lowest BCUT2D eigenvalue weighted by Gasteiger charge is -2.11. The Kier molecular flexibility index (Phi) is 10.00. The van der Waals surface area contributed by atoms with Crippen LogP contribution < -0.4 is 11.1 Å². The number of thioether (sulfide) groups is 1. The van der Waals surface area contributed by atoms with Crippen molar-refractivity contribution in [2.24, 2.45) is 5.73 Å². The third-order valence-electron chi connectivity index (χ3n) is 1.55. The van der Waals surface area contributed by atoms with Crippen molar-refractivity contribution in [3.05, 3.63) is 0 Å². The second kappa shape index (κ2) is 8.84. The van der Waals surface area contributed by atoms with E-state index in [0.717, 1.165) is 0 Å². The van der Waals surface area contributed by atoms with Crippen LogP contribution in [0.4, 0.5) is 0 Å². The van der Waals surface area contributed by atoms with E-state index in [1.54, 1.807) is 0 Å². The number of likely N-dealkylation sites (N-methyl/N-ethyl adjacent to an activating group) is 1. The van der Waals surface area contributed by atoms with Gasteiger partial charge in [-0.25, -0.2) is 0 Å². The Morgan fingerprint density at radius 1 is 1.33 bits per heavy atom. The highest BCUT2D eigenvalue weighted by Crippen LogP contribution is 2.04. The molecule has 0 spiro atoms. The Morgan fingerprint density at radius 3 is 2.20 bits per heavy atom. The van der Waals surface area contributed by atoms with Crippen molar-refractivity contribution in [2.45, 2.75) is 12.1 Å². The highest BCUT2D eigenvalue weighted by Gasteiger charge is 2.17. The van der Waals surface area contributed by atoms with Crippen LogP contribution in [0.2, 0.25) is 0 Å². The van der Waals surface area contributed by atoms with Gasteiger partial charge < -0.3 is 21.3 Å². The number of nitrogens with one attached hydrogen (secondary N) is 1. The van der Waals surface area contributed by atoms with Crippen LogP contribution in [0.1, 0.15) is 0 Å². The van der Waals surface area contributed by atoms with E-state index in [2.05, 4.69) is 5.32 Å². The summed E-state index contributed by atoms with van der Waals surface area (Å²) in [4.78, 5) is 20.8. The molecule has 0 bridgehead atoms. The number of aliphatic carboxylic acids is 2. The third kappa shape index (κ3) is 7.48. The van der Waals surface area contributed by atoms with E-state index in [1.165, 1.54) is 18.8 Å². The largest absolute Gasteiger partial charge is 0.480 e. The molecule has 8 heteroatoms. The first-order valence-electron chi connectivity index (χ1n) is 3.95. The van der Waals surface area contributed by atoms with Gasteiger partial charge in [0, 0.05) is 11.5 Å². The highest BCUT2D eigenvalue weighted by atomic mass is 32.2. The molecule has 0 aromatic rings. The molecule has 0 aliphatic heterocycles. The number of nitrogens with two attached hydrogens (primary N) is 1. The molecule has 15 heavy (non-hydrogen) atoms. The summed E-state index contributed by atoms with van der Waals surface area (Å²) < 4.78 is 0. The molecule has 2 atom stereocenters. The normalized spacial score (nSPS) is 13.7. The molecule has 0 heterocycles. The molecule has 0 radical (unpaired) electrons. The van der Waals surface area contributed by atoms with Gasteiger partial charge >= 0.3 is 11.9 Å². The molecule has 0 rings (SSSR count). The smallest absolute Gasteiger partial charge is 0.321 e. The summed E-state index contributed by atoms with van der Waals surface area (Å²) in [5, 5.41) is 19.7.